The highest BCUT2D eigenvalue weighted by atomic mass is 19.1. The topological polar surface area (TPSA) is 63.0 Å². The van der Waals surface area contributed by atoms with Gasteiger partial charge in [-0.2, -0.15) is 4.98 Å². The van der Waals surface area contributed by atoms with Gasteiger partial charge in [0.15, 0.2) is 0 Å². The summed E-state index contributed by atoms with van der Waals surface area (Å²) in [4.78, 5) is 9.17. The molecule has 0 aliphatic carbocycles. The van der Waals surface area contributed by atoms with Gasteiger partial charge < -0.3 is 15.1 Å². The molecule has 2 aromatic heterocycles. The first-order valence-electron chi connectivity index (χ1n) is 8.72. The maximum Gasteiger partial charge on any atom is 0.225 e. The zero-order chi connectivity index (χ0) is 18.6. The first kappa shape index (κ1) is 17.0. The normalized spacial score (nSPS) is 10.9. The predicted molar refractivity (Wildman–Crippen MR) is 104 cm³/mol. The number of hydrogen-bond acceptors (Lipinski definition) is 5. The number of hydrogen-bond donors (Lipinski definition) is 2. The van der Waals surface area contributed by atoms with Gasteiger partial charge in [0.1, 0.15) is 23.2 Å². The summed E-state index contributed by atoms with van der Waals surface area (Å²) in [5, 5.41) is 7.47. The Hall–Kier alpha value is -3.41. The molecular weight excluding hydrogens is 343 g/mol. The fraction of sp³-hybridized carbons (Fsp3) is 0.143. The molecule has 5 nitrogen and oxygen atoms in total. The van der Waals surface area contributed by atoms with Gasteiger partial charge in [0.25, 0.3) is 0 Å². The van der Waals surface area contributed by atoms with Crippen molar-refractivity contribution in [2.75, 3.05) is 10.6 Å². The second kappa shape index (κ2) is 7.45. The number of rotatable bonds is 6. The molecule has 0 spiro atoms. The number of aromatic nitrogens is 2. The fourth-order valence-electron chi connectivity index (χ4n) is 2.82. The van der Waals surface area contributed by atoms with Gasteiger partial charge in [-0.3, -0.25) is 0 Å². The van der Waals surface area contributed by atoms with Crippen LogP contribution in [0.5, 0.6) is 0 Å². The molecule has 4 rings (SSSR count). The van der Waals surface area contributed by atoms with Gasteiger partial charge in [-0.1, -0.05) is 24.3 Å². The molecule has 136 valence electrons. The number of nitrogens with one attached hydrogen (secondary N) is 2. The highest BCUT2D eigenvalue weighted by molar-refractivity contribution is 5.89. The first-order valence-corrected chi connectivity index (χ1v) is 8.72. The van der Waals surface area contributed by atoms with Crippen LogP contribution in [0.3, 0.4) is 0 Å². The molecule has 2 heterocycles. The first-order chi connectivity index (χ1) is 13.2. The van der Waals surface area contributed by atoms with Crippen LogP contribution in [0.4, 0.5) is 16.2 Å². The largest absolute Gasteiger partial charge is 0.465 e. The van der Waals surface area contributed by atoms with E-state index < -0.39 is 0 Å². The lowest BCUT2D eigenvalue weighted by atomic mass is 10.2. The van der Waals surface area contributed by atoms with Gasteiger partial charge in [-0.15, -0.1) is 0 Å². The summed E-state index contributed by atoms with van der Waals surface area (Å²) in [6.07, 6.45) is 0. The van der Waals surface area contributed by atoms with E-state index in [0.29, 0.717) is 19.0 Å². The average molecular weight is 362 g/mol. The van der Waals surface area contributed by atoms with Crippen molar-refractivity contribution >= 4 is 22.7 Å². The molecule has 0 aliphatic rings. The highest BCUT2D eigenvalue weighted by Gasteiger charge is 2.08. The van der Waals surface area contributed by atoms with Crippen molar-refractivity contribution in [1.82, 2.24) is 9.97 Å². The van der Waals surface area contributed by atoms with Crippen molar-refractivity contribution in [2.45, 2.75) is 20.0 Å². The van der Waals surface area contributed by atoms with E-state index in [2.05, 4.69) is 20.6 Å². The number of furan rings is 1. The third-order valence-electron chi connectivity index (χ3n) is 4.19. The summed E-state index contributed by atoms with van der Waals surface area (Å²) < 4.78 is 18.7. The Balaban J connectivity index is 1.56. The molecule has 0 aliphatic heterocycles. The maximum atomic E-state index is 13.0. The molecule has 0 bridgehead atoms. The Labute approximate surface area is 156 Å². The number of nitrogens with zero attached hydrogens (tertiary/aromatic N) is 2. The van der Waals surface area contributed by atoms with E-state index in [0.717, 1.165) is 33.8 Å². The lowest BCUT2D eigenvalue weighted by Gasteiger charge is -2.11. The van der Waals surface area contributed by atoms with E-state index >= 15 is 0 Å². The van der Waals surface area contributed by atoms with Gasteiger partial charge in [0, 0.05) is 11.9 Å². The van der Waals surface area contributed by atoms with E-state index in [1.165, 1.54) is 12.1 Å². The SMILES string of the molecule is Cc1ccc(CNc2nc(NCc3ccc(F)cc3)nc3ccccc23)o1. The van der Waals surface area contributed by atoms with E-state index in [9.17, 15) is 4.39 Å². The monoisotopic (exact) mass is 362 g/mol. The van der Waals surface area contributed by atoms with Crippen LogP contribution in [-0.2, 0) is 13.1 Å². The zero-order valence-electron chi connectivity index (χ0n) is 14.9. The molecule has 4 aromatic rings. The smallest absolute Gasteiger partial charge is 0.225 e. The quantitative estimate of drug-likeness (QED) is 0.511. The molecule has 0 fully saturated rings. The molecule has 27 heavy (non-hydrogen) atoms. The van der Waals surface area contributed by atoms with E-state index in [-0.39, 0.29) is 5.82 Å². The van der Waals surface area contributed by atoms with Crippen molar-refractivity contribution in [2.24, 2.45) is 0 Å². The summed E-state index contributed by atoms with van der Waals surface area (Å²) in [6.45, 7) is 2.96. The minimum absolute atomic E-state index is 0.250. The Kier molecular flexibility index (Phi) is 4.70. The minimum atomic E-state index is -0.250. The molecule has 2 N–H and O–H groups in total. The zero-order valence-corrected chi connectivity index (χ0v) is 14.9. The number of halogens is 1. The van der Waals surface area contributed by atoms with E-state index in [4.69, 9.17) is 4.42 Å². The van der Waals surface area contributed by atoms with Crippen LogP contribution >= 0.6 is 0 Å². The second-order valence-corrected chi connectivity index (χ2v) is 6.26. The molecule has 0 amide bonds. The van der Waals surface area contributed by atoms with Crippen LogP contribution in [0.1, 0.15) is 17.1 Å². The number of anilines is 2. The van der Waals surface area contributed by atoms with Crippen LogP contribution in [0, 0.1) is 12.7 Å². The van der Waals surface area contributed by atoms with Gasteiger partial charge in [-0.05, 0) is 48.9 Å². The Morgan fingerprint density at radius 1 is 0.889 bits per heavy atom. The predicted octanol–water partition coefficient (Wildman–Crippen LogP) is 4.89. The van der Waals surface area contributed by atoms with Gasteiger partial charge in [-0.25, -0.2) is 9.37 Å². The average Bonchev–Trinajstić information content (AvgIpc) is 3.11. The number of benzene rings is 2. The maximum absolute atomic E-state index is 13.0. The standard InChI is InChI=1S/C21H19FN4O/c1-14-6-11-17(27-14)13-23-20-18-4-2-3-5-19(18)25-21(26-20)24-12-15-7-9-16(22)10-8-15/h2-11H,12-13H2,1H3,(H2,23,24,25,26). The van der Waals surface area contributed by atoms with E-state index in [1.807, 2.05) is 43.3 Å². The summed E-state index contributed by atoms with van der Waals surface area (Å²) in [5.41, 5.74) is 1.79. The molecule has 2 aromatic carbocycles. The minimum Gasteiger partial charge on any atom is -0.465 e. The molecule has 0 unspecified atom stereocenters. The second-order valence-electron chi connectivity index (χ2n) is 6.26. The molecule has 0 saturated heterocycles. The Bertz CT molecular complexity index is 1060. The van der Waals surface area contributed by atoms with E-state index in [1.54, 1.807) is 12.1 Å². The summed E-state index contributed by atoms with van der Waals surface area (Å²) in [7, 11) is 0. The van der Waals surface area contributed by atoms with Crippen molar-refractivity contribution in [1.29, 1.82) is 0 Å². The third kappa shape index (κ3) is 4.06. The summed E-state index contributed by atoms with van der Waals surface area (Å²) in [6, 6.07) is 18.1. The van der Waals surface area contributed by atoms with Gasteiger partial charge >= 0.3 is 0 Å². The lowest BCUT2D eigenvalue weighted by molar-refractivity contribution is 0.490. The van der Waals surface area contributed by atoms with Crippen molar-refractivity contribution in [3.63, 3.8) is 0 Å². The van der Waals surface area contributed by atoms with Crippen molar-refractivity contribution in [3.05, 3.63) is 83.6 Å². The molecular formula is C21H19FN4O. The summed E-state index contributed by atoms with van der Waals surface area (Å²) >= 11 is 0. The summed E-state index contributed by atoms with van der Waals surface area (Å²) in [5.74, 6) is 2.71. The van der Waals surface area contributed by atoms with Crippen molar-refractivity contribution < 1.29 is 8.81 Å². The van der Waals surface area contributed by atoms with Crippen molar-refractivity contribution in [3.8, 4) is 0 Å². The van der Waals surface area contributed by atoms with Crippen LogP contribution < -0.4 is 10.6 Å². The molecule has 0 saturated carbocycles. The molecule has 0 atom stereocenters. The fourth-order valence-corrected chi connectivity index (χ4v) is 2.82. The molecule has 0 radical (unpaired) electrons. The Morgan fingerprint density at radius 2 is 1.70 bits per heavy atom. The van der Waals surface area contributed by atoms with Crippen LogP contribution in [0.25, 0.3) is 10.9 Å². The molecule has 6 heteroatoms. The Morgan fingerprint density at radius 3 is 2.48 bits per heavy atom. The van der Waals surface area contributed by atoms with Crippen LogP contribution in [0.2, 0.25) is 0 Å². The number of aryl methyl sites for hydroxylation is 1. The van der Waals surface area contributed by atoms with Gasteiger partial charge in [0.05, 0.1) is 12.1 Å². The highest BCUT2D eigenvalue weighted by Crippen LogP contribution is 2.23. The third-order valence-corrected chi connectivity index (χ3v) is 4.19. The number of para-hydroxylation sites is 1. The van der Waals surface area contributed by atoms with Crippen LogP contribution in [-0.4, -0.2) is 9.97 Å². The van der Waals surface area contributed by atoms with Gasteiger partial charge in [0.2, 0.25) is 5.95 Å². The van der Waals surface area contributed by atoms with Crippen LogP contribution in [0.15, 0.2) is 65.1 Å². The number of fused-ring (bicyclic) bond motifs is 1. The lowest BCUT2D eigenvalue weighted by Crippen LogP contribution is -2.08.